The minimum absolute atomic E-state index is 0.0164. The predicted octanol–water partition coefficient (Wildman–Crippen LogP) is 3.38. The lowest BCUT2D eigenvalue weighted by atomic mass is 10.1. The first kappa shape index (κ1) is 16.5. The van der Waals surface area contributed by atoms with Gasteiger partial charge in [-0.05, 0) is 29.7 Å². The Morgan fingerprint density at radius 1 is 1.42 bits per heavy atom. The molecule has 0 unspecified atom stereocenters. The van der Waals surface area contributed by atoms with E-state index in [2.05, 4.69) is 26.1 Å². The van der Waals surface area contributed by atoms with Crippen LogP contribution in [0.2, 0.25) is 0 Å². The number of hydrogen-bond acceptors (Lipinski definition) is 6. The van der Waals surface area contributed by atoms with Crippen LogP contribution in [0, 0.1) is 5.82 Å². The van der Waals surface area contributed by atoms with Gasteiger partial charge >= 0.3 is 0 Å². The normalized spacial score (nSPS) is 11.7. The maximum atomic E-state index is 14.0. The molecular weight excluding hydrogens is 399 g/mol. The molecule has 5 nitrogen and oxygen atoms in total. The predicted molar refractivity (Wildman–Crippen MR) is 89.2 cm³/mol. The van der Waals surface area contributed by atoms with Gasteiger partial charge in [-0.15, -0.1) is 0 Å². The fraction of sp³-hybridized carbons (Fsp3) is 0.0625. The first-order valence-electron chi connectivity index (χ1n) is 6.75. The Balaban J connectivity index is 2.00. The number of aliphatic carboxylic acids is 1. The van der Waals surface area contributed by atoms with Crippen molar-refractivity contribution in [3.05, 3.63) is 56.8 Å². The van der Waals surface area contributed by atoms with Crippen LogP contribution in [0.3, 0.4) is 0 Å². The highest BCUT2D eigenvalue weighted by Gasteiger charge is 2.14. The van der Waals surface area contributed by atoms with Crippen molar-refractivity contribution in [2.75, 3.05) is 0 Å². The molecule has 8 heteroatoms. The average molecular weight is 408 g/mol. The summed E-state index contributed by atoms with van der Waals surface area (Å²) in [5.74, 6) is -1.47. The van der Waals surface area contributed by atoms with Gasteiger partial charge in [0.1, 0.15) is 5.82 Å². The number of benzene rings is 1. The number of nitrogens with zero attached hydrogens (tertiary/aromatic N) is 2. The molecule has 122 valence electrons. The number of halogens is 2. The Bertz CT molecular complexity index is 906. The van der Waals surface area contributed by atoms with Crippen LogP contribution in [0.1, 0.15) is 17.9 Å². The van der Waals surface area contributed by atoms with E-state index < -0.39 is 18.2 Å². The van der Waals surface area contributed by atoms with Crippen LogP contribution >= 0.6 is 27.3 Å². The minimum atomic E-state index is -1.32. The number of aromatic nitrogens is 2. The maximum Gasteiger partial charge on any atom is 0.254 e. The third-order valence-corrected chi connectivity index (χ3v) is 4.28. The fourth-order valence-corrected chi connectivity index (χ4v) is 2.98. The van der Waals surface area contributed by atoms with Crippen molar-refractivity contribution in [1.82, 2.24) is 10.1 Å². The first-order chi connectivity index (χ1) is 11.5. The molecule has 24 heavy (non-hydrogen) atoms. The fourth-order valence-electron chi connectivity index (χ4n) is 2.01. The highest BCUT2D eigenvalue weighted by molar-refractivity contribution is 9.10. The summed E-state index contributed by atoms with van der Waals surface area (Å²) in [6.45, 7) is 0. The second-order valence-corrected chi connectivity index (χ2v) is 6.52. The molecule has 0 spiro atoms. The summed E-state index contributed by atoms with van der Waals surface area (Å²) >= 11 is 4.64. The van der Waals surface area contributed by atoms with Gasteiger partial charge < -0.3 is 14.4 Å². The molecule has 2 aromatic heterocycles. The second kappa shape index (κ2) is 7.06. The van der Waals surface area contributed by atoms with E-state index in [4.69, 9.17) is 4.52 Å². The van der Waals surface area contributed by atoms with E-state index in [1.165, 1.54) is 29.5 Å². The summed E-state index contributed by atoms with van der Waals surface area (Å²) < 4.78 is 19.7. The Morgan fingerprint density at radius 3 is 2.92 bits per heavy atom. The van der Waals surface area contributed by atoms with E-state index in [9.17, 15) is 14.3 Å². The molecule has 0 aliphatic carbocycles. The van der Waals surface area contributed by atoms with Gasteiger partial charge in [0.05, 0.1) is 0 Å². The number of hydrogen-bond donors (Lipinski definition) is 0. The van der Waals surface area contributed by atoms with Gasteiger partial charge in [0.2, 0.25) is 5.82 Å². The van der Waals surface area contributed by atoms with Crippen molar-refractivity contribution in [2.45, 2.75) is 6.42 Å². The third kappa shape index (κ3) is 3.77. The topological polar surface area (TPSA) is 79.0 Å². The Hall–Kier alpha value is -2.32. The van der Waals surface area contributed by atoms with Crippen molar-refractivity contribution < 1.29 is 18.8 Å². The van der Waals surface area contributed by atoms with Gasteiger partial charge in [0.15, 0.2) is 0 Å². The summed E-state index contributed by atoms with van der Waals surface area (Å²) in [5.41, 5.74) is 1.15. The number of carboxylic acids is 1. The first-order valence-corrected chi connectivity index (χ1v) is 8.48. The standard InChI is InChI=1S/C16H10BrFN2O3S/c17-12-2-1-9(13(18)7-12)5-11(6-14(21)22)16-19-15(20-23-16)10-3-4-24-8-10/h1-5,7-8H,6H2,(H,21,22)/p-1/b11-5+. The summed E-state index contributed by atoms with van der Waals surface area (Å²) in [4.78, 5) is 15.2. The van der Waals surface area contributed by atoms with Crippen LogP contribution in [0.15, 0.2) is 44.0 Å². The van der Waals surface area contributed by atoms with Gasteiger partial charge in [-0.2, -0.15) is 16.3 Å². The molecule has 0 atom stereocenters. The SMILES string of the molecule is O=C([O-])C/C(=C\c1ccc(Br)cc1F)c1nc(-c2ccsc2)no1. The molecule has 0 saturated carbocycles. The molecule has 0 saturated heterocycles. The zero-order chi connectivity index (χ0) is 17.1. The number of carbonyl (C=O) groups is 1. The van der Waals surface area contributed by atoms with E-state index in [0.717, 1.165) is 5.56 Å². The zero-order valence-corrected chi connectivity index (χ0v) is 14.4. The lowest BCUT2D eigenvalue weighted by molar-refractivity contribution is -0.304. The highest BCUT2D eigenvalue weighted by atomic mass is 79.9. The van der Waals surface area contributed by atoms with Gasteiger partial charge in [-0.3, -0.25) is 0 Å². The molecule has 0 aliphatic heterocycles. The summed E-state index contributed by atoms with van der Waals surface area (Å²) in [6.07, 6.45) is 0.892. The molecule has 3 rings (SSSR count). The van der Waals surface area contributed by atoms with E-state index in [0.29, 0.717) is 10.3 Å². The van der Waals surface area contributed by atoms with Gasteiger partial charge in [-0.1, -0.05) is 27.2 Å². The molecule has 0 radical (unpaired) electrons. The second-order valence-electron chi connectivity index (χ2n) is 4.82. The lowest BCUT2D eigenvalue weighted by Crippen LogP contribution is -2.22. The van der Waals surface area contributed by atoms with E-state index in [-0.39, 0.29) is 17.0 Å². The molecule has 0 fully saturated rings. The van der Waals surface area contributed by atoms with Crippen LogP contribution in [-0.2, 0) is 4.79 Å². The van der Waals surface area contributed by atoms with Gasteiger partial charge in [0, 0.05) is 38.9 Å². The summed E-state index contributed by atoms with van der Waals surface area (Å²) in [7, 11) is 0. The number of carbonyl (C=O) groups excluding carboxylic acids is 1. The average Bonchev–Trinajstić information content (AvgIpc) is 3.18. The Kier molecular flexibility index (Phi) is 4.86. The smallest absolute Gasteiger partial charge is 0.254 e. The molecular formula is C16H9BrFN2O3S-. The lowest BCUT2D eigenvalue weighted by Gasteiger charge is -2.05. The molecule has 0 amide bonds. The van der Waals surface area contributed by atoms with Gasteiger partial charge in [-0.25, -0.2) is 4.39 Å². The number of rotatable bonds is 5. The molecule has 2 heterocycles. The Morgan fingerprint density at radius 2 is 2.25 bits per heavy atom. The molecule has 1 aromatic carbocycles. The van der Waals surface area contributed by atoms with Crippen molar-refractivity contribution in [1.29, 1.82) is 0 Å². The number of carboxylic acid groups (broad SMARTS) is 1. The van der Waals surface area contributed by atoms with Crippen LogP contribution in [0.4, 0.5) is 4.39 Å². The Labute approximate surface area is 148 Å². The van der Waals surface area contributed by atoms with Crippen molar-refractivity contribution in [3.63, 3.8) is 0 Å². The molecule has 3 aromatic rings. The summed E-state index contributed by atoms with van der Waals surface area (Å²) in [6, 6.07) is 6.27. The minimum Gasteiger partial charge on any atom is -0.550 e. The van der Waals surface area contributed by atoms with Gasteiger partial charge in [0.25, 0.3) is 5.89 Å². The summed E-state index contributed by atoms with van der Waals surface area (Å²) in [5, 5.41) is 18.5. The monoisotopic (exact) mass is 407 g/mol. The molecule has 0 bridgehead atoms. The number of thiophene rings is 1. The van der Waals surface area contributed by atoms with Crippen LogP contribution in [0.25, 0.3) is 23.0 Å². The largest absolute Gasteiger partial charge is 0.550 e. The zero-order valence-electron chi connectivity index (χ0n) is 12.0. The quantitative estimate of drug-likeness (QED) is 0.647. The van der Waals surface area contributed by atoms with Crippen molar-refractivity contribution in [3.8, 4) is 11.4 Å². The highest BCUT2D eigenvalue weighted by Crippen LogP contribution is 2.26. The van der Waals surface area contributed by atoms with Crippen LogP contribution in [-0.4, -0.2) is 16.1 Å². The van der Waals surface area contributed by atoms with Crippen molar-refractivity contribution >= 4 is 44.9 Å². The van der Waals surface area contributed by atoms with E-state index >= 15 is 0 Å². The van der Waals surface area contributed by atoms with E-state index in [1.54, 1.807) is 6.07 Å². The third-order valence-electron chi connectivity index (χ3n) is 3.11. The van der Waals surface area contributed by atoms with E-state index in [1.807, 2.05) is 16.8 Å². The van der Waals surface area contributed by atoms with Crippen LogP contribution in [0.5, 0.6) is 0 Å². The van der Waals surface area contributed by atoms with Crippen LogP contribution < -0.4 is 5.11 Å². The molecule has 0 N–H and O–H groups in total. The van der Waals surface area contributed by atoms with Crippen molar-refractivity contribution in [2.24, 2.45) is 0 Å². The molecule has 0 aliphatic rings. The maximum absolute atomic E-state index is 14.0.